The van der Waals surface area contributed by atoms with Gasteiger partial charge in [0.15, 0.2) is 0 Å². The van der Waals surface area contributed by atoms with Crippen molar-refractivity contribution in [1.82, 2.24) is 0 Å². The van der Waals surface area contributed by atoms with Crippen LogP contribution in [0.3, 0.4) is 0 Å². The first-order valence-corrected chi connectivity index (χ1v) is 5.46. The smallest absolute Gasteiger partial charge is 0.113 e. The second-order valence-corrected chi connectivity index (χ2v) is 5.54. The molecule has 0 aliphatic rings. The average molecular weight is 270 g/mol. The summed E-state index contributed by atoms with van der Waals surface area (Å²) in [7, 11) is 0. The summed E-state index contributed by atoms with van der Waals surface area (Å²) in [5.41, 5.74) is 1.64. The molecular weight excluding hydrogens is 262 g/mol. The molecule has 1 aromatic rings. The van der Waals surface area contributed by atoms with Gasteiger partial charge in [0.1, 0.15) is 5.38 Å². The Morgan fingerprint density at radius 1 is 1.21 bits per heavy atom. The third-order valence-corrected chi connectivity index (χ3v) is 3.33. The number of halogens is 4. The molecule has 0 amide bonds. The summed E-state index contributed by atoms with van der Waals surface area (Å²) in [4.78, 5) is 0. The number of rotatable bonds is 2. The zero-order valence-corrected chi connectivity index (χ0v) is 10.2. The van der Waals surface area contributed by atoms with Gasteiger partial charge in [0.05, 0.1) is 0 Å². The van der Waals surface area contributed by atoms with Crippen molar-refractivity contribution < 1.29 is 0 Å². The van der Waals surface area contributed by atoms with Gasteiger partial charge in [0.25, 0.3) is 0 Å². The van der Waals surface area contributed by atoms with Crippen LogP contribution in [0, 0.1) is 0 Å². The van der Waals surface area contributed by atoms with Crippen LogP contribution in [0.5, 0.6) is 0 Å². The van der Waals surface area contributed by atoms with Gasteiger partial charge in [0.2, 0.25) is 3.79 Å². The fourth-order valence-corrected chi connectivity index (χ4v) is 1.66. The zero-order valence-electron chi connectivity index (χ0n) is 7.18. The fraction of sp³-hybridized carbons (Fsp3) is 0.200. The summed E-state index contributed by atoms with van der Waals surface area (Å²) in [6.07, 6.45) is 1.68. The standard InChI is InChI=1S/C10H8Cl4/c1-2-7-5-3-4-6-8(7)9(11)10(12,13)14/h2-6,9H,1H2. The molecule has 0 aliphatic heterocycles. The summed E-state index contributed by atoms with van der Waals surface area (Å²) < 4.78 is -1.51. The number of hydrogen-bond acceptors (Lipinski definition) is 0. The maximum atomic E-state index is 6.02. The molecular formula is C10H8Cl4. The van der Waals surface area contributed by atoms with Gasteiger partial charge in [-0.15, -0.1) is 11.6 Å². The molecule has 0 bridgehead atoms. The van der Waals surface area contributed by atoms with E-state index in [2.05, 4.69) is 6.58 Å². The maximum absolute atomic E-state index is 6.02. The van der Waals surface area contributed by atoms with Crippen molar-refractivity contribution in [2.45, 2.75) is 9.17 Å². The average Bonchev–Trinajstić information content (AvgIpc) is 2.15. The van der Waals surface area contributed by atoms with E-state index < -0.39 is 9.17 Å². The Kier molecular flexibility index (Phi) is 4.15. The van der Waals surface area contributed by atoms with Crippen LogP contribution in [0.4, 0.5) is 0 Å². The Hall–Kier alpha value is 0.120. The van der Waals surface area contributed by atoms with Gasteiger partial charge in [-0.2, -0.15) is 0 Å². The molecule has 0 saturated heterocycles. The minimum atomic E-state index is -1.51. The first kappa shape index (κ1) is 12.2. The van der Waals surface area contributed by atoms with Gasteiger partial charge in [-0.05, 0) is 11.1 Å². The van der Waals surface area contributed by atoms with Gasteiger partial charge < -0.3 is 0 Å². The number of hydrogen-bond donors (Lipinski definition) is 0. The lowest BCUT2D eigenvalue weighted by molar-refractivity contribution is 0.969. The second kappa shape index (κ2) is 4.76. The SMILES string of the molecule is C=Cc1ccccc1C(Cl)C(Cl)(Cl)Cl. The van der Waals surface area contributed by atoms with Crippen LogP contribution in [0.1, 0.15) is 16.5 Å². The van der Waals surface area contributed by atoms with E-state index in [4.69, 9.17) is 46.4 Å². The van der Waals surface area contributed by atoms with E-state index in [-0.39, 0.29) is 0 Å². The molecule has 0 spiro atoms. The van der Waals surface area contributed by atoms with Crippen molar-refractivity contribution in [2.24, 2.45) is 0 Å². The highest BCUT2D eigenvalue weighted by atomic mass is 35.6. The van der Waals surface area contributed by atoms with Crippen LogP contribution < -0.4 is 0 Å². The van der Waals surface area contributed by atoms with Crippen LogP contribution >= 0.6 is 46.4 Å². The lowest BCUT2D eigenvalue weighted by Gasteiger charge is -2.19. The third kappa shape index (κ3) is 2.80. The fourth-order valence-electron chi connectivity index (χ4n) is 1.10. The van der Waals surface area contributed by atoms with E-state index in [1.165, 1.54) is 0 Å². The van der Waals surface area contributed by atoms with Crippen molar-refractivity contribution in [1.29, 1.82) is 0 Å². The largest absolute Gasteiger partial charge is 0.210 e. The van der Waals surface area contributed by atoms with Crippen LogP contribution in [0.2, 0.25) is 0 Å². The molecule has 0 heterocycles. The molecule has 1 aromatic carbocycles. The van der Waals surface area contributed by atoms with Gasteiger partial charge in [-0.25, -0.2) is 0 Å². The lowest BCUT2D eigenvalue weighted by atomic mass is 10.1. The van der Waals surface area contributed by atoms with Crippen molar-refractivity contribution in [2.75, 3.05) is 0 Å². The molecule has 76 valence electrons. The molecule has 0 nitrogen and oxygen atoms in total. The summed E-state index contributed by atoms with van der Waals surface area (Å²) >= 11 is 23.2. The number of alkyl halides is 4. The Morgan fingerprint density at radius 2 is 1.79 bits per heavy atom. The predicted octanol–water partition coefficient (Wildman–Crippen LogP) is 4.98. The van der Waals surface area contributed by atoms with Crippen molar-refractivity contribution in [3.8, 4) is 0 Å². The van der Waals surface area contributed by atoms with Crippen molar-refractivity contribution >= 4 is 52.5 Å². The molecule has 0 aliphatic carbocycles. The maximum Gasteiger partial charge on any atom is 0.210 e. The molecule has 1 atom stereocenters. The normalized spacial score (nSPS) is 13.7. The van der Waals surface area contributed by atoms with Gasteiger partial charge in [0, 0.05) is 0 Å². The van der Waals surface area contributed by atoms with Crippen LogP contribution in [-0.4, -0.2) is 3.79 Å². The van der Waals surface area contributed by atoms with E-state index in [1.54, 1.807) is 6.08 Å². The topological polar surface area (TPSA) is 0 Å². The Morgan fingerprint density at radius 3 is 2.29 bits per heavy atom. The van der Waals surface area contributed by atoms with Crippen LogP contribution in [-0.2, 0) is 0 Å². The van der Waals surface area contributed by atoms with E-state index >= 15 is 0 Å². The molecule has 1 rings (SSSR count). The minimum Gasteiger partial charge on any atom is -0.113 e. The highest BCUT2D eigenvalue weighted by Gasteiger charge is 2.32. The highest BCUT2D eigenvalue weighted by molar-refractivity contribution is 6.70. The van der Waals surface area contributed by atoms with E-state index in [0.29, 0.717) is 0 Å². The molecule has 0 radical (unpaired) electrons. The Labute approximate surface area is 103 Å². The Balaban J connectivity index is 3.12. The first-order chi connectivity index (χ1) is 6.46. The van der Waals surface area contributed by atoms with Gasteiger partial charge in [-0.3, -0.25) is 0 Å². The molecule has 14 heavy (non-hydrogen) atoms. The summed E-state index contributed by atoms with van der Waals surface area (Å²) in [5, 5.41) is -0.679. The third-order valence-electron chi connectivity index (χ3n) is 1.78. The van der Waals surface area contributed by atoms with E-state index in [0.717, 1.165) is 11.1 Å². The Bertz CT molecular complexity index is 327. The molecule has 0 saturated carbocycles. The molecule has 0 aromatic heterocycles. The predicted molar refractivity (Wildman–Crippen MR) is 65.4 cm³/mol. The quantitative estimate of drug-likeness (QED) is 0.665. The zero-order chi connectivity index (χ0) is 10.8. The number of benzene rings is 1. The van der Waals surface area contributed by atoms with Crippen molar-refractivity contribution in [3.05, 3.63) is 42.0 Å². The first-order valence-electron chi connectivity index (χ1n) is 3.89. The van der Waals surface area contributed by atoms with Crippen LogP contribution in [0.25, 0.3) is 6.08 Å². The summed E-state index contributed by atoms with van der Waals surface area (Å²) in [6.45, 7) is 3.67. The van der Waals surface area contributed by atoms with Crippen LogP contribution in [0.15, 0.2) is 30.8 Å². The highest BCUT2D eigenvalue weighted by Crippen LogP contribution is 2.45. The van der Waals surface area contributed by atoms with E-state index in [1.807, 2.05) is 24.3 Å². The molecule has 0 N–H and O–H groups in total. The minimum absolute atomic E-state index is 0.679. The summed E-state index contributed by atoms with van der Waals surface area (Å²) in [5.74, 6) is 0. The molecule has 1 unspecified atom stereocenters. The molecule has 4 heteroatoms. The lowest BCUT2D eigenvalue weighted by Crippen LogP contribution is -2.12. The van der Waals surface area contributed by atoms with Gasteiger partial charge in [-0.1, -0.05) is 71.7 Å². The van der Waals surface area contributed by atoms with Gasteiger partial charge >= 0.3 is 0 Å². The van der Waals surface area contributed by atoms with Crippen molar-refractivity contribution in [3.63, 3.8) is 0 Å². The summed E-state index contributed by atoms with van der Waals surface area (Å²) in [6, 6.07) is 7.40. The monoisotopic (exact) mass is 268 g/mol. The van der Waals surface area contributed by atoms with E-state index in [9.17, 15) is 0 Å². The second-order valence-electron chi connectivity index (χ2n) is 2.74. The molecule has 0 fully saturated rings.